The summed E-state index contributed by atoms with van der Waals surface area (Å²) in [5, 5.41) is 4.02. The van der Waals surface area contributed by atoms with Crippen LogP contribution in [0.5, 0.6) is 5.88 Å². The van der Waals surface area contributed by atoms with Crippen LogP contribution in [-0.4, -0.2) is 63.4 Å². The molecule has 1 saturated heterocycles. The molecule has 13 heteroatoms. The molecule has 0 aliphatic carbocycles. The van der Waals surface area contributed by atoms with Crippen LogP contribution in [0.3, 0.4) is 0 Å². The molecule has 0 bridgehead atoms. The minimum absolute atomic E-state index is 0.0381. The van der Waals surface area contributed by atoms with Gasteiger partial charge in [0.2, 0.25) is 11.8 Å². The summed E-state index contributed by atoms with van der Waals surface area (Å²) >= 11 is 20.5. The fourth-order valence-corrected chi connectivity index (χ4v) is 6.78. The van der Waals surface area contributed by atoms with Crippen LogP contribution in [0.15, 0.2) is 60.7 Å². The van der Waals surface area contributed by atoms with Crippen molar-refractivity contribution < 1.29 is 23.9 Å². The van der Waals surface area contributed by atoms with Gasteiger partial charge in [-0.1, -0.05) is 71.2 Å². The van der Waals surface area contributed by atoms with E-state index in [0.29, 0.717) is 85.3 Å². The number of carbonyl (C=O) groups is 3. The first kappa shape index (κ1) is 35.2. The molecule has 2 aromatic carbocycles. The van der Waals surface area contributed by atoms with Gasteiger partial charge in [0.1, 0.15) is 16.8 Å². The third-order valence-electron chi connectivity index (χ3n) is 8.24. The number of halogens is 3. The number of aldehydes is 1. The zero-order valence-corrected chi connectivity index (χ0v) is 30.0. The van der Waals surface area contributed by atoms with Crippen LogP contribution < -0.4 is 10.1 Å². The van der Waals surface area contributed by atoms with Crippen molar-refractivity contribution in [3.8, 4) is 39.5 Å². The number of ether oxygens (including phenoxy) is 2. The summed E-state index contributed by atoms with van der Waals surface area (Å²) in [6.07, 6.45) is 1.20. The number of aromatic amines is 1. The lowest BCUT2D eigenvalue weighted by Crippen LogP contribution is -2.43. The van der Waals surface area contributed by atoms with Gasteiger partial charge in [0.15, 0.2) is 6.29 Å². The first-order valence-electron chi connectivity index (χ1n) is 15.9. The van der Waals surface area contributed by atoms with E-state index in [4.69, 9.17) is 54.2 Å². The monoisotopic (exact) mass is 733 g/mol. The summed E-state index contributed by atoms with van der Waals surface area (Å²) in [6, 6.07) is 18.3. The Labute approximate surface area is 304 Å². The Hall–Kier alpha value is -4.64. The van der Waals surface area contributed by atoms with Gasteiger partial charge in [0, 0.05) is 46.8 Å². The fraction of sp³-hybridized carbons (Fsp3) is 0.270. The molecule has 3 aromatic heterocycles. The third kappa shape index (κ3) is 7.28. The lowest BCUT2D eigenvalue weighted by Gasteiger charge is -2.29. The topological polar surface area (TPSA) is 127 Å². The summed E-state index contributed by atoms with van der Waals surface area (Å²) in [4.78, 5) is 50.5. The highest BCUT2D eigenvalue weighted by molar-refractivity contribution is 6.39. The van der Waals surface area contributed by atoms with Crippen molar-refractivity contribution in [2.75, 3.05) is 13.7 Å². The molecule has 1 atom stereocenters. The molecule has 5 aromatic rings. The van der Waals surface area contributed by atoms with E-state index >= 15 is 0 Å². The molecule has 1 fully saturated rings. The van der Waals surface area contributed by atoms with E-state index in [-0.39, 0.29) is 35.8 Å². The number of aromatic nitrogens is 3. The molecule has 0 spiro atoms. The predicted molar refractivity (Wildman–Crippen MR) is 195 cm³/mol. The number of rotatable bonds is 9. The van der Waals surface area contributed by atoms with Gasteiger partial charge >= 0.3 is 6.09 Å². The first-order valence-corrected chi connectivity index (χ1v) is 17.0. The van der Waals surface area contributed by atoms with Crippen LogP contribution in [0.1, 0.15) is 49.7 Å². The van der Waals surface area contributed by atoms with Gasteiger partial charge in [0.25, 0.3) is 0 Å². The molecule has 1 aliphatic heterocycles. The lowest BCUT2D eigenvalue weighted by molar-refractivity contribution is -0.119. The summed E-state index contributed by atoms with van der Waals surface area (Å²) in [5.74, 6) is 0.277. The smallest absolute Gasteiger partial charge is 0.410 e. The van der Waals surface area contributed by atoms with Crippen LogP contribution >= 0.6 is 34.8 Å². The van der Waals surface area contributed by atoms with Crippen molar-refractivity contribution in [1.29, 1.82) is 0 Å². The van der Waals surface area contributed by atoms with Crippen LogP contribution in [0.4, 0.5) is 4.79 Å². The molecular formula is C37H34Cl3N5O5. The van der Waals surface area contributed by atoms with E-state index in [9.17, 15) is 14.4 Å². The average Bonchev–Trinajstić information content (AvgIpc) is 3.65. The number of hydrogen-bond acceptors (Lipinski definition) is 7. The van der Waals surface area contributed by atoms with E-state index in [1.54, 1.807) is 37.8 Å². The molecule has 4 heterocycles. The molecular weight excluding hydrogens is 701 g/mol. The second kappa shape index (κ2) is 14.3. The molecule has 2 N–H and O–H groups in total. The number of amides is 2. The highest BCUT2D eigenvalue weighted by Gasteiger charge is 2.29. The van der Waals surface area contributed by atoms with E-state index in [2.05, 4.69) is 10.3 Å². The van der Waals surface area contributed by atoms with Crippen molar-refractivity contribution in [3.05, 3.63) is 87.0 Å². The highest BCUT2D eigenvalue weighted by Crippen LogP contribution is 2.42. The second-order valence-electron chi connectivity index (χ2n) is 12.9. The Morgan fingerprint density at radius 3 is 2.12 bits per heavy atom. The van der Waals surface area contributed by atoms with Crippen LogP contribution in [0, 0.1) is 0 Å². The minimum atomic E-state index is -0.702. The van der Waals surface area contributed by atoms with Crippen LogP contribution in [0.25, 0.3) is 44.7 Å². The molecule has 10 nitrogen and oxygen atoms in total. The molecule has 0 unspecified atom stereocenters. The van der Waals surface area contributed by atoms with Crippen LogP contribution in [0.2, 0.25) is 15.1 Å². The normalized spacial score (nSPS) is 14.5. The predicted octanol–water partition coefficient (Wildman–Crippen LogP) is 8.76. The van der Waals surface area contributed by atoms with E-state index in [0.717, 1.165) is 0 Å². The Balaban J connectivity index is 1.32. The van der Waals surface area contributed by atoms with Crippen LogP contribution in [-0.2, 0) is 16.1 Å². The van der Waals surface area contributed by atoms with Gasteiger partial charge in [-0.3, -0.25) is 9.59 Å². The van der Waals surface area contributed by atoms with Crippen molar-refractivity contribution >= 4 is 64.1 Å². The van der Waals surface area contributed by atoms with Crippen molar-refractivity contribution in [1.82, 2.24) is 25.2 Å². The second-order valence-corrected chi connectivity index (χ2v) is 14.1. The van der Waals surface area contributed by atoms with Crippen molar-refractivity contribution in [2.24, 2.45) is 0 Å². The average molecular weight is 735 g/mol. The molecule has 0 saturated carbocycles. The van der Waals surface area contributed by atoms with Crippen molar-refractivity contribution in [3.63, 3.8) is 0 Å². The maximum Gasteiger partial charge on any atom is 0.410 e. The highest BCUT2D eigenvalue weighted by atomic mass is 35.5. The van der Waals surface area contributed by atoms with E-state index in [1.807, 2.05) is 48.5 Å². The van der Waals surface area contributed by atoms with E-state index in [1.165, 1.54) is 7.11 Å². The molecule has 6 rings (SSSR count). The zero-order valence-electron chi connectivity index (χ0n) is 27.8. The first-order chi connectivity index (χ1) is 23.9. The number of pyridine rings is 2. The minimum Gasteiger partial charge on any atom is -0.481 e. The van der Waals surface area contributed by atoms with Gasteiger partial charge in [-0.15, -0.1) is 0 Å². The van der Waals surface area contributed by atoms with Gasteiger partial charge in [0.05, 0.1) is 45.6 Å². The SMILES string of the molecule is COc1nc(-c2cccc(-c3cccc(-c4ccc5[nH]c(C=O)c(Cl)c5n4)c3Cl)c2Cl)ccc1CN(C[C@@H]1CCC(=O)N1)C(=O)OC(C)(C)C. The maximum atomic E-state index is 13.2. The Morgan fingerprint density at radius 1 is 0.920 bits per heavy atom. The van der Waals surface area contributed by atoms with E-state index < -0.39 is 11.7 Å². The quantitative estimate of drug-likeness (QED) is 0.145. The molecule has 50 heavy (non-hydrogen) atoms. The molecule has 2 amide bonds. The number of fused-ring (bicyclic) bond motifs is 1. The molecule has 1 aliphatic rings. The summed E-state index contributed by atoms with van der Waals surface area (Å²) in [7, 11) is 1.51. The van der Waals surface area contributed by atoms with Gasteiger partial charge in [-0.05, 0) is 51.5 Å². The molecule has 0 radical (unpaired) electrons. The summed E-state index contributed by atoms with van der Waals surface area (Å²) < 4.78 is 11.4. The maximum absolute atomic E-state index is 13.2. The molecule has 258 valence electrons. The number of methoxy groups -OCH3 is 1. The number of benzene rings is 2. The Kier molecular flexibility index (Phi) is 10.1. The van der Waals surface area contributed by atoms with Gasteiger partial charge in [-0.25, -0.2) is 14.8 Å². The van der Waals surface area contributed by atoms with Gasteiger partial charge < -0.3 is 24.7 Å². The van der Waals surface area contributed by atoms with Crippen molar-refractivity contribution in [2.45, 2.75) is 51.8 Å². The third-order valence-corrected chi connectivity index (χ3v) is 9.43. The summed E-state index contributed by atoms with van der Waals surface area (Å²) in [6.45, 7) is 5.84. The van der Waals surface area contributed by atoms with Gasteiger partial charge in [-0.2, -0.15) is 0 Å². The number of nitrogens with zero attached hydrogens (tertiary/aromatic N) is 3. The number of hydrogen-bond donors (Lipinski definition) is 2. The largest absolute Gasteiger partial charge is 0.481 e. The summed E-state index contributed by atoms with van der Waals surface area (Å²) in [5.41, 5.74) is 5.11. The Morgan fingerprint density at radius 2 is 1.54 bits per heavy atom. The fourth-order valence-electron chi connectivity index (χ4n) is 5.89. The number of carbonyl (C=O) groups excluding carboxylic acids is 3. The number of H-pyrrole nitrogens is 1. The number of nitrogens with one attached hydrogen (secondary N) is 2. The zero-order chi connectivity index (χ0) is 35.7. The lowest BCUT2D eigenvalue weighted by atomic mass is 9.98. The standard InChI is InChI=1S/C37H34Cl3N5O5/c1-37(2,3)50-36(48)45(18-21-12-16-30(47)41-21)17-20-11-13-27(44-35(20)49-4)25-10-6-8-23(32(25)39)22-7-5-9-24(31(22)38)26-14-15-28-34(43-26)33(40)29(19-46)42-28/h5-11,13-15,19,21,42H,12,16-18H2,1-4H3,(H,41,47)/t21-/m0/s1. The Bertz CT molecular complexity index is 2130.